The maximum Gasteiger partial charge on any atom is 0.124 e. The predicted octanol–water partition coefficient (Wildman–Crippen LogP) is 4.80. The number of hydrogen-bond donors (Lipinski definition) is 1. The molecule has 0 atom stereocenters. The van der Waals surface area contributed by atoms with Crippen LogP contribution >= 0.6 is 38.5 Å². The Hall–Kier alpha value is -0.620. The second-order valence-corrected chi connectivity index (χ2v) is 5.70. The molecule has 0 saturated heterocycles. The molecule has 17 heavy (non-hydrogen) atoms. The maximum atomic E-state index is 12.9. The molecule has 0 fully saturated rings. The molecule has 0 radical (unpaired) electrons. The van der Waals surface area contributed by atoms with Crippen LogP contribution in [-0.4, -0.2) is 0 Å². The van der Waals surface area contributed by atoms with E-state index in [1.54, 1.807) is 6.07 Å². The summed E-state index contributed by atoms with van der Waals surface area (Å²) in [6.07, 6.45) is 0. The van der Waals surface area contributed by atoms with E-state index in [-0.39, 0.29) is 5.82 Å². The Labute approximate surface area is 122 Å². The molecule has 0 heterocycles. The lowest BCUT2D eigenvalue weighted by Crippen LogP contribution is -2.00. The van der Waals surface area contributed by atoms with E-state index in [1.165, 1.54) is 15.7 Å². The van der Waals surface area contributed by atoms with Crippen molar-refractivity contribution in [1.29, 1.82) is 0 Å². The van der Waals surface area contributed by atoms with Gasteiger partial charge in [0.05, 0.1) is 0 Å². The van der Waals surface area contributed by atoms with Crippen molar-refractivity contribution in [2.45, 2.75) is 6.54 Å². The minimum absolute atomic E-state index is 0.227. The van der Waals surface area contributed by atoms with Crippen LogP contribution in [0.1, 0.15) is 5.56 Å². The zero-order valence-corrected chi connectivity index (χ0v) is 12.6. The van der Waals surface area contributed by atoms with E-state index in [1.807, 2.05) is 24.3 Å². The van der Waals surface area contributed by atoms with Gasteiger partial charge in [-0.15, -0.1) is 0 Å². The van der Waals surface area contributed by atoms with Crippen molar-refractivity contribution in [2.24, 2.45) is 0 Å². The smallest absolute Gasteiger partial charge is 0.124 e. The van der Waals surface area contributed by atoms with Gasteiger partial charge in [-0.1, -0.05) is 22.0 Å². The Morgan fingerprint density at radius 1 is 1.12 bits per heavy atom. The second-order valence-electron chi connectivity index (χ2n) is 3.60. The first-order chi connectivity index (χ1) is 8.15. The van der Waals surface area contributed by atoms with Gasteiger partial charge in [0.1, 0.15) is 5.82 Å². The third-order valence-electron chi connectivity index (χ3n) is 2.34. The van der Waals surface area contributed by atoms with Crippen molar-refractivity contribution >= 4 is 44.2 Å². The molecule has 0 amide bonds. The SMILES string of the molecule is Fc1ccc(CNc2ccc(I)cc2)c(Br)c1. The molecule has 2 aromatic rings. The third-order valence-corrected chi connectivity index (χ3v) is 3.80. The molecule has 0 aliphatic heterocycles. The lowest BCUT2D eigenvalue weighted by molar-refractivity contribution is 0.626. The number of benzene rings is 2. The van der Waals surface area contributed by atoms with Gasteiger partial charge >= 0.3 is 0 Å². The molecule has 0 unspecified atom stereocenters. The molecule has 88 valence electrons. The minimum atomic E-state index is -0.227. The fraction of sp³-hybridized carbons (Fsp3) is 0.0769. The van der Waals surface area contributed by atoms with E-state index in [4.69, 9.17) is 0 Å². The summed E-state index contributed by atoms with van der Waals surface area (Å²) in [6.45, 7) is 0.668. The molecular weight excluding hydrogens is 396 g/mol. The van der Waals surface area contributed by atoms with Crippen molar-refractivity contribution in [3.8, 4) is 0 Å². The zero-order valence-electron chi connectivity index (χ0n) is 8.88. The Bertz CT molecular complexity index is 513. The summed E-state index contributed by atoms with van der Waals surface area (Å²) in [5, 5.41) is 3.29. The molecule has 0 aliphatic rings. The van der Waals surface area contributed by atoms with Crippen LogP contribution in [0.25, 0.3) is 0 Å². The van der Waals surface area contributed by atoms with Gasteiger partial charge in [0, 0.05) is 20.3 Å². The van der Waals surface area contributed by atoms with Crippen LogP contribution in [0.3, 0.4) is 0 Å². The molecule has 1 N–H and O–H groups in total. The average molecular weight is 406 g/mol. The Balaban J connectivity index is 2.04. The quantitative estimate of drug-likeness (QED) is 0.723. The highest BCUT2D eigenvalue weighted by Gasteiger charge is 2.01. The van der Waals surface area contributed by atoms with E-state index in [9.17, 15) is 4.39 Å². The van der Waals surface area contributed by atoms with Gasteiger partial charge < -0.3 is 5.32 Å². The molecule has 0 bridgehead atoms. The summed E-state index contributed by atoms with van der Waals surface area (Å²) >= 11 is 5.62. The van der Waals surface area contributed by atoms with E-state index in [0.717, 1.165) is 15.7 Å². The topological polar surface area (TPSA) is 12.0 Å². The first-order valence-corrected chi connectivity index (χ1v) is 6.96. The Morgan fingerprint density at radius 2 is 1.82 bits per heavy atom. The summed E-state index contributed by atoms with van der Waals surface area (Å²) in [4.78, 5) is 0. The number of halogens is 3. The summed E-state index contributed by atoms with van der Waals surface area (Å²) < 4.78 is 14.9. The van der Waals surface area contributed by atoms with E-state index < -0.39 is 0 Å². The van der Waals surface area contributed by atoms with Crippen molar-refractivity contribution in [3.05, 3.63) is 61.9 Å². The van der Waals surface area contributed by atoms with Gasteiger partial charge in [-0.3, -0.25) is 0 Å². The second kappa shape index (κ2) is 5.82. The average Bonchev–Trinajstić information content (AvgIpc) is 2.30. The first-order valence-electron chi connectivity index (χ1n) is 5.08. The minimum Gasteiger partial charge on any atom is -0.381 e. The predicted molar refractivity (Wildman–Crippen MR) is 80.6 cm³/mol. The molecule has 4 heteroatoms. The first kappa shape index (κ1) is 12.8. The summed E-state index contributed by atoms with van der Waals surface area (Å²) in [5.41, 5.74) is 2.09. The van der Waals surface area contributed by atoms with Gasteiger partial charge in [0.2, 0.25) is 0 Å². The highest BCUT2D eigenvalue weighted by Crippen LogP contribution is 2.19. The molecule has 0 aliphatic carbocycles. The Morgan fingerprint density at radius 3 is 2.47 bits per heavy atom. The summed E-state index contributed by atoms with van der Waals surface area (Å²) in [6, 6.07) is 12.9. The van der Waals surface area contributed by atoms with Gasteiger partial charge in [0.15, 0.2) is 0 Å². The van der Waals surface area contributed by atoms with E-state index >= 15 is 0 Å². The third kappa shape index (κ3) is 3.67. The number of hydrogen-bond acceptors (Lipinski definition) is 1. The number of nitrogens with one attached hydrogen (secondary N) is 1. The van der Waals surface area contributed by atoms with Crippen LogP contribution < -0.4 is 5.32 Å². The van der Waals surface area contributed by atoms with Gasteiger partial charge in [-0.2, -0.15) is 0 Å². The molecular formula is C13H10BrFIN. The normalized spacial score (nSPS) is 10.3. The van der Waals surface area contributed by atoms with Crippen LogP contribution in [0.5, 0.6) is 0 Å². The molecule has 1 nitrogen and oxygen atoms in total. The molecule has 2 aromatic carbocycles. The van der Waals surface area contributed by atoms with Crippen molar-refractivity contribution < 1.29 is 4.39 Å². The summed E-state index contributed by atoms with van der Waals surface area (Å²) in [7, 11) is 0. The largest absolute Gasteiger partial charge is 0.381 e. The van der Waals surface area contributed by atoms with Crippen LogP contribution in [-0.2, 0) is 6.54 Å². The highest BCUT2D eigenvalue weighted by molar-refractivity contribution is 14.1. The number of rotatable bonds is 3. The standard InChI is InChI=1S/C13H10BrFIN/c14-13-7-10(15)2-1-9(13)8-17-12-5-3-11(16)4-6-12/h1-7,17H,8H2. The van der Waals surface area contributed by atoms with Crippen molar-refractivity contribution in [2.75, 3.05) is 5.32 Å². The van der Waals surface area contributed by atoms with Crippen molar-refractivity contribution in [3.63, 3.8) is 0 Å². The molecule has 0 spiro atoms. The molecule has 2 rings (SSSR count). The summed E-state index contributed by atoms with van der Waals surface area (Å²) in [5.74, 6) is -0.227. The number of anilines is 1. The monoisotopic (exact) mass is 405 g/mol. The Kier molecular flexibility index (Phi) is 4.39. The van der Waals surface area contributed by atoms with Crippen LogP contribution in [0.4, 0.5) is 10.1 Å². The zero-order chi connectivity index (χ0) is 12.3. The lowest BCUT2D eigenvalue weighted by Gasteiger charge is -2.08. The van der Waals surface area contributed by atoms with Gasteiger partial charge in [-0.05, 0) is 64.6 Å². The lowest BCUT2D eigenvalue weighted by atomic mass is 10.2. The molecule has 0 saturated carbocycles. The van der Waals surface area contributed by atoms with E-state index in [2.05, 4.69) is 43.8 Å². The van der Waals surface area contributed by atoms with Gasteiger partial charge in [0.25, 0.3) is 0 Å². The maximum absolute atomic E-state index is 12.9. The molecule has 0 aromatic heterocycles. The van der Waals surface area contributed by atoms with Gasteiger partial charge in [-0.25, -0.2) is 4.39 Å². The fourth-order valence-corrected chi connectivity index (χ4v) is 2.28. The fourth-order valence-electron chi connectivity index (χ4n) is 1.43. The van der Waals surface area contributed by atoms with Crippen LogP contribution in [0, 0.1) is 9.39 Å². The van der Waals surface area contributed by atoms with E-state index in [0.29, 0.717) is 6.54 Å². The van der Waals surface area contributed by atoms with Crippen LogP contribution in [0.2, 0.25) is 0 Å². The van der Waals surface area contributed by atoms with Crippen LogP contribution in [0.15, 0.2) is 46.9 Å². The van der Waals surface area contributed by atoms with Crippen molar-refractivity contribution in [1.82, 2.24) is 0 Å². The highest BCUT2D eigenvalue weighted by atomic mass is 127.